The first-order chi connectivity index (χ1) is 7.20. The molecule has 0 aromatic heterocycles. The highest BCUT2D eigenvalue weighted by Crippen LogP contribution is 2.35. The van der Waals surface area contributed by atoms with E-state index in [1.807, 2.05) is 18.2 Å². The van der Waals surface area contributed by atoms with Gasteiger partial charge in [-0.3, -0.25) is 0 Å². The van der Waals surface area contributed by atoms with Crippen LogP contribution in [0.1, 0.15) is 39.0 Å². The molecule has 1 fully saturated rings. The highest BCUT2D eigenvalue weighted by Gasteiger charge is 2.29. The fourth-order valence-corrected chi connectivity index (χ4v) is 2.21. The van der Waals surface area contributed by atoms with Crippen LogP contribution in [0.4, 0.5) is 0 Å². The summed E-state index contributed by atoms with van der Waals surface area (Å²) in [5.41, 5.74) is -0.0862. The highest BCUT2D eigenvalue weighted by atomic mass is 16.5. The second kappa shape index (κ2) is 4.13. The molecule has 0 saturated heterocycles. The predicted octanol–water partition coefficient (Wildman–Crippen LogP) is 3.49. The molecule has 0 bridgehead atoms. The normalized spacial score (nSPS) is 19.8. The van der Waals surface area contributed by atoms with E-state index in [1.54, 1.807) is 6.07 Å². The Balaban J connectivity index is 2.10. The number of hydrogen-bond donors (Lipinski definition) is 1. The number of rotatable bonds is 2. The van der Waals surface area contributed by atoms with Gasteiger partial charge in [-0.15, -0.1) is 0 Å². The first kappa shape index (κ1) is 10.3. The molecule has 2 nitrogen and oxygen atoms in total. The fourth-order valence-electron chi connectivity index (χ4n) is 2.21. The number of hydrogen-bond acceptors (Lipinski definition) is 2. The van der Waals surface area contributed by atoms with Crippen LogP contribution >= 0.6 is 0 Å². The number of phenols is 1. The standard InChI is InChI=1S/C13H18O2/c1-13(9-5-2-6-10-13)15-12-8-4-3-7-11(12)14/h3-4,7-8,14H,2,5-6,9-10H2,1H3. The summed E-state index contributed by atoms with van der Waals surface area (Å²) in [5, 5.41) is 9.63. The van der Waals surface area contributed by atoms with Gasteiger partial charge in [0, 0.05) is 0 Å². The molecule has 0 heterocycles. The summed E-state index contributed by atoms with van der Waals surface area (Å²) in [6, 6.07) is 7.20. The number of benzene rings is 1. The van der Waals surface area contributed by atoms with Crippen molar-refractivity contribution in [3.05, 3.63) is 24.3 Å². The van der Waals surface area contributed by atoms with Crippen LogP contribution in [0, 0.1) is 0 Å². The van der Waals surface area contributed by atoms with Crippen molar-refractivity contribution >= 4 is 0 Å². The van der Waals surface area contributed by atoms with Crippen molar-refractivity contribution in [1.29, 1.82) is 0 Å². The third-order valence-corrected chi connectivity index (χ3v) is 3.13. The lowest BCUT2D eigenvalue weighted by Gasteiger charge is -2.34. The summed E-state index contributed by atoms with van der Waals surface area (Å²) < 4.78 is 5.92. The Morgan fingerprint density at radius 1 is 1.13 bits per heavy atom. The van der Waals surface area contributed by atoms with Crippen molar-refractivity contribution in [3.8, 4) is 11.5 Å². The zero-order chi connectivity index (χ0) is 10.7. The van der Waals surface area contributed by atoms with Gasteiger partial charge in [-0.2, -0.15) is 0 Å². The number of phenolic OH excluding ortho intramolecular Hbond substituents is 1. The van der Waals surface area contributed by atoms with E-state index < -0.39 is 0 Å². The molecule has 1 aliphatic rings. The average Bonchev–Trinajstić information content (AvgIpc) is 2.22. The predicted molar refractivity (Wildman–Crippen MR) is 60.2 cm³/mol. The second-order valence-electron chi connectivity index (χ2n) is 4.58. The molecule has 1 aromatic rings. The van der Waals surface area contributed by atoms with Crippen LogP contribution in [0.3, 0.4) is 0 Å². The Labute approximate surface area is 90.9 Å². The summed E-state index contributed by atoms with van der Waals surface area (Å²) >= 11 is 0. The maximum absolute atomic E-state index is 9.63. The van der Waals surface area contributed by atoms with Crippen molar-refractivity contribution in [2.24, 2.45) is 0 Å². The van der Waals surface area contributed by atoms with Gasteiger partial charge < -0.3 is 9.84 Å². The zero-order valence-electron chi connectivity index (χ0n) is 9.20. The lowest BCUT2D eigenvalue weighted by atomic mass is 9.86. The quantitative estimate of drug-likeness (QED) is 0.802. The maximum Gasteiger partial charge on any atom is 0.161 e. The van der Waals surface area contributed by atoms with Crippen molar-refractivity contribution in [2.45, 2.75) is 44.6 Å². The minimum absolute atomic E-state index is 0.0862. The molecule has 0 aliphatic heterocycles. The summed E-state index contributed by atoms with van der Waals surface area (Å²) in [6.45, 7) is 2.14. The number of para-hydroxylation sites is 2. The zero-order valence-corrected chi connectivity index (χ0v) is 9.20. The van der Waals surface area contributed by atoms with Crippen molar-refractivity contribution in [2.75, 3.05) is 0 Å². The molecule has 1 N–H and O–H groups in total. The summed E-state index contributed by atoms with van der Waals surface area (Å²) in [6.07, 6.45) is 5.93. The monoisotopic (exact) mass is 206 g/mol. The second-order valence-corrected chi connectivity index (χ2v) is 4.58. The molecule has 82 valence electrons. The van der Waals surface area contributed by atoms with Crippen molar-refractivity contribution < 1.29 is 9.84 Å². The number of aromatic hydroxyl groups is 1. The molecular weight excluding hydrogens is 188 g/mol. The van der Waals surface area contributed by atoms with Crippen LogP contribution in [-0.4, -0.2) is 10.7 Å². The molecule has 2 heteroatoms. The van der Waals surface area contributed by atoms with Crippen molar-refractivity contribution in [1.82, 2.24) is 0 Å². The third-order valence-electron chi connectivity index (χ3n) is 3.13. The van der Waals surface area contributed by atoms with Gasteiger partial charge in [0.15, 0.2) is 11.5 Å². The van der Waals surface area contributed by atoms with Gasteiger partial charge in [0.25, 0.3) is 0 Å². The topological polar surface area (TPSA) is 29.5 Å². The smallest absolute Gasteiger partial charge is 0.161 e. The molecule has 0 radical (unpaired) electrons. The van der Waals surface area contributed by atoms with Gasteiger partial charge in [0.1, 0.15) is 5.60 Å². The van der Waals surface area contributed by atoms with Crippen LogP contribution in [0.5, 0.6) is 11.5 Å². The van der Waals surface area contributed by atoms with Gasteiger partial charge >= 0.3 is 0 Å². The van der Waals surface area contributed by atoms with Gasteiger partial charge in [-0.1, -0.05) is 18.6 Å². The fraction of sp³-hybridized carbons (Fsp3) is 0.538. The first-order valence-corrected chi connectivity index (χ1v) is 5.67. The number of ether oxygens (including phenoxy) is 1. The molecular formula is C13H18O2. The summed E-state index contributed by atoms with van der Waals surface area (Å²) in [4.78, 5) is 0. The molecule has 1 saturated carbocycles. The van der Waals surface area contributed by atoms with E-state index in [1.165, 1.54) is 19.3 Å². The Hall–Kier alpha value is -1.18. The Morgan fingerprint density at radius 2 is 1.80 bits per heavy atom. The van der Waals surface area contributed by atoms with E-state index in [4.69, 9.17) is 4.74 Å². The molecule has 0 spiro atoms. The Kier molecular flexibility index (Phi) is 2.85. The lowest BCUT2D eigenvalue weighted by molar-refractivity contribution is 0.0460. The van der Waals surface area contributed by atoms with Crippen LogP contribution in [0.15, 0.2) is 24.3 Å². The van der Waals surface area contributed by atoms with Crippen LogP contribution < -0.4 is 4.74 Å². The van der Waals surface area contributed by atoms with Gasteiger partial charge in [0.2, 0.25) is 0 Å². The molecule has 0 amide bonds. The van der Waals surface area contributed by atoms with E-state index in [0.29, 0.717) is 5.75 Å². The summed E-state index contributed by atoms with van der Waals surface area (Å²) in [7, 11) is 0. The van der Waals surface area contributed by atoms with Crippen LogP contribution in [0.25, 0.3) is 0 Å². The third kappa shape index (κ3) is 2.44. The SMILES string of the molecule is CC1(Oc2ccccc2O)CCCCC1. The minimum atomic E-state index is -0.0862. The van der Waals surface area contributed by atoms with E-state index >= 15 is 0 Å². The van der Waals surface area contributed by atoms with Crippen molar-refractivity contribution in [3.63, 3.8) is 0 Å². The highest BCUT2D eigenvalue weighted by molar-refractivity contribution is 5.38. The average molecular weight is 206 g/mol. The lowest BCUT2D eigenvalue weighted by Crippen LogP contribution is -2.34. The van der Waals surface area contributed by atoms with E-state index in [9.17, 15) is 5.11 Å². The molecule has 0 atom stereocenters. The molecule has 1 aliphatic carbocycles. The van der Waals surface area contributed by atoms with E-state index in [-0.39, 0.29) is 11.4 Å². The van der Waals surface area contributed by atoms with Gasteiger partial charge in [-0.05, 0) is 44.7 Å². The van der Waals surface area contributed by atoms with Gasteiger partial charge in [-0.25, -0.2) is 0 Å². The largest absolute Gasteiger partial charge is 0.504 e. The molecule has 0 unspecified atom stereocenters. The minimum Gasteiger partial charge on any atom is -0.504 e. The Morgan fingerprint density at radius 3 is 2.47 bits per heavy atom. The van der Waals surface area contributed by atoms with Crippen LogP contribution in [-0.2, 0) is 0 Å². The molecule has 1 aromatic carbocycles. The van der Waals surface area contributed by atoms with Crippen LogP contribution in [0.2, 0.25) is 0 Å². The van der Waals surface area contributed by atoms with E-state index in [2.05, 4.69) is 6.92 Å². The Bertz CT molecular complexity index is 327. The molecule has 2 rings (SSSR count). The van der Waals surface area contributed by atoms with E-state index in [0.717, 1.165) is 12.8 Å². The molecule has 15 heavy (non-hydrogen) atoms. The first-order valence-electron chi connectivity index (χ1n) is 5.67. The maximum atomic E-state index is 9.63. The summed E-state index contributed by atoms with van der Waals surface area (Å²) in [5.74, 6) is 0.853. The van der Waals surface area contributed by atoms with Gasteiger partial charge in [0.05, 0.1) is 0 Å².